The van der Waals surface area contributed by atoms with E-state index in [0.29, 0.717) is 6.07 Å². The maximum Gasteiger partial charge on any atom is 0.337 e. The van der Waals surface area contributed by atoms with E-state index in [1.807, 2.05) is 0 Å². The summed E-state index contributed by atoms with van der Waals surface area (Å²) in [4.78, 5) is 10.7. The molecular formula is C10H5ClF2O2. The monoisotopic (exact) mass is 230 g/mol. The highest BCUT2D eigenvalue weighted by Crippen LogP contribution is 2.25. The number of carboxylic acid groups (broad SMARTS) is 1. The fourth-order valence-electron chi connectivity index (χ4n) is 1.01. The van der Waals surface area contributed by atoms with Crippen molar-refractivity contribution >= 4 is 17.6 Å². The van der Waals surface area contributed by atoms with Crippen molar-refractivity contribution in [3.05, 3.63) is 33.9 Å². The van der Waals surface area contributed by atoms with Crippen molar-refractivity contribution in [2.45, 2.75) is 6.92 Å². The number of hydrogen-bond acceptors (Lipinski definition) is 1. The lowest BCUT2D eigenvalue weighted by atomic mass is 10.1. The van der Waals surface area contributed by atoms with Crippen molar-refractivity contribution in [1.82, 2.24) is 0 Å². The summed E-state index contributed by atoms with van der Waals surface area (Å²) >= 11 is 5.45. The lowest BCUT2D eigenvalue weighted by molar-refractivity contribution is 0.0696. The Morgan fingerprint density at radius 2 is 2.13 bits per heavy atom. The van der Waals surface area contributed by atoms with Crippen LogP contribution in [0.25, 0.3) is 0 Å². The molecule has 0 amide bonds. The van der Waals surface area contributed by atoms with Crippen LogP contribution < -0.4 is 0 Å². The van der Waals surface area contributed by atoms with Gasteiger partial charge in [0.1, 0.15) is 0 Å². The Balaban J connectivity index is 3.63. The van der Waals surface area contributed by atoms with Gasteiger partial charge in [-0.15, -0.1) is 5.92 Å². The minimum absolute atomic E-state index is 0.217. The van der Waals surface area contributed by atoms with Crippen LogP contribution >= 0.6 is 11.6 Å². The summed E-state index contributed by atoms with van der Waals surface area (Å²) in [6.45, 7) is 1.43. The van der Waals surface area contributed by atoms with Gasteiger partial charge in [0.05, 0.1) is 16.1 Å². The van der Waals surface area contributed by atoms with Gasteiger partial charge in [-0.2, -0.15) is 0 Å². The van der Waals surface area contributed by atoms with Gasteiger partial charge < -0.3 is 5.11 Å². The molecule has 78 valence electrons. The highest BCUT2D eigenvalue weighted by atomic mass is 35.5. The van der Waals surface area contributed by atoms with Crippen molar-refractivity contribution in [2.24, 2.45) is 0 Å². The van der Waals surface area contributed by atoms with E-state index in [-0.39, 0.29) is 5.56 Å². The summed E-state index contributed by atoms with van der Waals surface area (Å²) in [7, 11) is 0. The predicted octanol–water partition coefficient (Wildman–Crippen LogP) is 2.69. The lowest BCUT2D eigenvalue weighted by Gasteiger charge is -2.04. The second kappa shape index (κ2) is 4.28. The van der Waals surface area contributed by atoms with E-state index in [9.17, 15) is 13.6 Å². The summed E-state index contributed by atoms with van der Waals surface area (Å²) < 4.78 is 25.8. The minimum Gasteiger partial charge on any atom is -0.478 e. The second-order valence-corrected chi connectivity index (χ2v) is 2.97. The number of benzene rings is 1. The average molecular weight is 231 g/mol. The average Bonchev–Trinajstić information content (AvgIpc) is 2.18. The van der Waals surface area contributed by atoms with E-state index < -0.39 is 28.2 Å². The first-order valence-electron chi connectivity index (χ1n) is 3.82. The van der Waals surface area contributed by atoms with E-state index in [4.69, 9.17) is 16.7 Å². The fourth-order valence-corrected chi connectivity index (χ4v) is 1.25. The van der Waals surface area contributed by atoms with Crippen molar-refractivity contribution in [1.29, 1.82) is 0 Å². The molecule has 5 heteroatoms. The van der Waals surface area contributed by atoms with Crippen LogP contribution in [0.2, 0.25) is 5.02 Å². The molecule has 0 atom stereocenters. The van der Waals surface area contributed by atoms with Crippen LogP contribution in [-0.2, 0) is 0 Å². The summed E-state index contributed by atoms with van der Waals surface area (Å²) in [6, 6.07) is 0.559. The standard InChI is InChI=1S/C10H5ClF2O2/c1-2-3-5-6(10(14)15)4-7(12)9(13)8(5)11/h4H,1H3,(H,14,15). The minimum atomic E-state index is -1.41. The molecule has 0 saturated heterocycles. The number of hydrogen-bond donors (Lipinski definition) is 1. The third-order valence-corrected chi connectivity index (χ3v) is 2.00. The van der Waals surface area contributed by atoms with Gasteiger partial charge in [0.2, 0.25) is 0 Å². The maximum atomic E-state index is 13.0. The summed E-state index contributed by atoms with van der Waals surface area (Å²) in [5.41, 5.74) is -0.668. The molecule has 15 heavy (non-hydrogen) atoms. The molecule has 0 aliphatic heterocycles. The lowest BCUT2D eigenvalue weighted by Crippen LogP contribution is -2.04. The van der Waals surface area contributed by atoms with Crippen LogP contribution in [0.5, 0.6) is 0 Å². The van der Waals surface area contributed by atoms with Crippen LogP contribution in [-0.4, -0.2) is 11.1 Å². The fraction of sp³-hybridized carbons (Fsp3) is 0.100. The third-order valence-electron chi connectivity index (χ3n) is 1.64. The van der Waals surface area contributed by atoms with E-state index in [0.717, 1.165) is 0 Å². The molecule has 2 nitrogen and oxygen atoms in total. The van der Waals surface area contributed by atoms with Crippen LogP contribution in [0.3, 0.4) is 0 Å². The van der Waals surface area contributed by atoms with Gasteiger partial charge in [-0.25, -0.2) is 13.6 Å². The topological polar surface area (TPSA) is 37.3 Å². The highest BCUT2D eigenvalue weighted by Gasteiger charge is 2.19. The molecule has 0 aromatic heterocycles. The quantitative estimate of drug-likeness (QED) is 0.595. The Labute approximate surface area is 89.5 Å². The molecule has 0 spiro atoms. The van der Waals surface area contributed by atoms with Gasteiger partial charge in [0.25, 0.3) is 0 Å². The van der Waals surface area contributed by atoms with Crippen molar-refractivity contribution in [3.63, 3.8) is 0 Å². The van der Waals surface area contributed by atoms with Crippen LogP contribution in [0.4, 0.5) is 8.78 Å². The Bertz CT molecular complexity index is 486. The van der Waals surface area contributed by atoms with E-state index >= 15 is 0 Å². The largest absolute Gasteiger partial charge is 0.478 e. The third kappa shape index (κ3) is 2.08. The van der Waals surface area contributed by atoms with Gasteiger partial charge in [0.15, 0.2) is 11.6 Å². The zero-order chi connectivity index (χ0) is 11.6. The van der Waals surface area contributed by atoms with E-state index in [1.54, 1.807) is 0 Å². The van der Waals surface area contributed by atoms with Gasteiger partial charge in [0, 0.05) is 0 Å². The number of carbonyl (C=O) groups is 1. The number of carboxylic acids is 1. The first kappa shape index (κ1) is 11.5. The van der Waals surface area contributed by atoms with Crippen LogP contribution in [0.1, 0.15) is 22.8 Å². The van der Waals surface area contributed by atoms with Gasteiger partial charge in [-0.1, -0.05) is 17.5 Å². The van der Waals surface area contributed by atoms with Crippen molar-refractivity contribution < 1.29 is 18.7 Å². The molecule has 1 aromatic rings. The number of aromatic carboxylic acids is 1. The summed E-state index contributed by atoms with van der Waals surface area (Å²) in [5, 5.41) is 8.11. The molecule has 0 unspecified atom stereocenters. The number of halogens is 3. The second-order valence-electron chi connectivity index (χ2n) is 2.59. The smallest absolute Gasteiger partial charge is 0.337 e. The van der Waals surface area contributed by atoms with Gasteiger partial charge in [-0.05, 0) is 13.0 Å². The molecule has 1 rings (SSSR count). The van der Waals surface area contributed by atoms with Gasteiger partial charge >= 0.3 is 5.97 Å². The Hall–Kier alpha value is -1.60. The SMILES string of the molecule is CC#Cc1c(C(=O)O)cc(F)c(F)c1Cl. The van der Waals surface area contributed by atoms with Crippen LogP contribution in [0.15, 0.2) is 6.07 Å². The molecule has 1 aromatic carbocycles. The molecule has 0 aliphatic rings. The Morgan fingerprint density at radius 1 is 1.53 bits per heavy atom. The Kier molecular flexibility index (Phi) is 3.28. The first-order valence-corrected chi connectivity index (χ1v) is 4.20. The molecule has 1 N–H and O–H groups in total. The molecule has 0 saturated carbocycles. The van der Waals surface area contributed by atoms with Gasteiger partial charge in [-0.3, -0.25) is 0 Å². The first-order chi connectivity index (χ1) is 6.99. The number of rotatable bonds is 1. The highest BCUT2D eigenvalue weighted by molar-refractivity contribution is 6.32. The summed E-state index contributed by atoms with van der Waals surface area (Å²) in [6.07, 6.45) is 0. The summed E-state index contributed by atoms with van der Waals surface area (Å²) in [5.74, 6) is 0.697. The molecule has 0 heterocycles. The van der Waals surface area contributed by atoms with Crippen molar-refractivity contribution in [2.75, 3.05) is 0 Å². The Morgan fingerprint density at radius 3 is 2.60 bits per heavy atom. The zero-order valence-corrected chi connectivity index (χ0v) is 8.32. The predicted molar refractivity (Wildman–Crippen MR) is 50.9 cm³/mol. The molecular weight excluding hydrogens is 226 g/mol. The molecule has 0 fully saturated rings. The van der Waals surface area contributed by atoms with E-state index in [1.165, 1.54) is 6.92 Å². The zero-order valence-electron chi connectivity index (χ0n) is 7.57. The molecule has 0 bridgehead atoms. The molecule has 0 radical (unpaired) electrons. The maximum absolute atomic E-state index is 13.0. The van der Waals surface area contributed by atoms with Crippen LogP contribution in [0, 0.1) is 23.5 Å². The normalized spacial score (nSPS) is 9.33. The van der Waals surface area contributed by atoms with E-state index in [2.05, 4.69) is 11.8 Å². The molecule has 0 aliphatic carbocycles. The van der Waals surface area contributed by atoms with Crippen molar-refractivity contribution in [3.8, 4) is 11.8 Å².